The fraction of sp³-hybridized carbons (Fsp3) is 1.00. The van der Waals surface area contributed by atoms with Crippen molar-refractivity contribution >= 4 is 0 Å². The van der Waals surface area contributed by atoms with Gasteiger partial charge < -0.3 is 9.80 Å². The maximum atomic E-state index is 2.59. The second kappa shape index (κ2) is 13.6. The first-order valence-electron chi connectivity index (χ1n) is 9.59. The largest absolute Gasteiger partial charge is 0.301 e. The summed E-state index contributed by atoms with van der Waals surface area (Å²) in [5, 5.41) is 0. The molecule has 0 atom stereocenters. The van der Waals surface area contributed by atoms with E-state index in [0.29, 0.717) is 0 Å². The Labute approximate surface area is 135 Å². The van der Waals surface area contributed by atoms with Gasteiger partial charge in [-0.3, -0.25) is 0 Å². The molecule has 21 heavy (non-hydrogen) atoms. The van der Waals surface area contributed by atoms with Crippen LogP contribution in [0.25, 0.3) is 0 Å². The van der Waals surface area contributed by atoms with Gasteiger partial charge in [-0.2, -0.15) is 0 Å². The molecule has 2 heterocycles. The summed E-state index contributed by atoms with van der Waals surface area (Å²) in [6.45, 7) is 18.5. The highest BCUT2D eigenvalue weighted by Gasteiger charge is 2.12. The zero-order valence-corrected chi connectivity index (χ0v) is 15.8. The van der Waals surface area contributed by atoms with Gasteiger partial charge in [-0.05, 0) is 79.6 Å². The highest BCUT2D eigenvalue weighted by Crippen LogP contribution is 2.12. The Morgan fingerprint density at radius 2 is 0.714 bits per heavy atom. The van der Waals surface area contributed by atoms with Crippen molar-refractivity contribution in [1.29, 1.82) is 0 Å². The van der Waals surface area contributed by atoms with E-state index in [1.807, 2.05) is 13.8 Å². The van der Waals surface area contributed by atoms with Crippen molar-refractivity contribution in [2.24, 2.45) is 0 Å². The third-order valence-electron chi connectivity index (χ3n) is 4.49. The molecule has 0 amide bonds. The topological polar surface area (TPSA) is 6.48 Å². The molecule has 2 aliphatic heterocycles. The van der Waals surface area contributed by atoms with Crippen LogP contribution in [0.2, 0.25) is 0 Å². The van der Waals surface area contributed by atoms with Crippen molar-refractivity contribution in [3.63, 3.8) is 0 Å². The van der Waals surface area contributed by atoms with Crippen molar-refractivity contribution in [3.8, 4) is 0 Å². The van der Waals surface area contributed by atoms with Gasteiger partial charge in [0.1, 0.15) is 0 Å². The molecule has 0 radical (unpaired) electrons. The maximum absolute atomic E-state index is 2.59. The van der Waals surface area contributed by atoms with Crippen LogP contribution in [0.5, 0.6) is 0 Å². The average Bonchev–Trinajstić information content (AvgIpc) is 2.80. The Balaban J connectivity index is 0.000000342. The third-order valence-corrected chi connectivity index (χ3v) is 4.49. The molecule has 0 aromatic carbocycles. The van der Waals surface area contributed by atoms with E-state index >= 15 is 0 Å². The van der Waals surface area contributed by atoms with Crippen LogP contribution in [0.3, 0.4) is 0 Å². The molecule has 2 rings (SSSR count). The van der Waals surface area contributed by atoms with Crippen LogP contribution in [0, 0.1) is 0 Å². The highest BCUT2D eigenvalue weighted by atomic mass is 15.1. The number of hydrogen-bond acceptors (Lipinski definition) is 2. The molecule has 0 N–H and O–H groups in total. The molecule has 2 fully saturated rings. The smallest absolute Gasteiger partial charge is 0.00385 e. The Morgan fingerprint density at radius 3 is 0.952 bits per heavy atom. The predicted octanol–water partition coefficient (Wildman–Crippen LogP) is 5.18. The summed E-state index contributed by atoms with van der Waals surface area (Å²) >= 11 is 0. The fourth-order valence-corrected chi connectivity index (χ4v) is 3.05. The molecule has 2 nitrogen and oxygen atoms in total. The van der Waals surface area contributed by atoms with Crippen molar-refractivity contribution in [2.45, 2.75) is 98.6 Å². The van der Waals surface area contributed by atoms with Crippen molar-refractivity contribution in [1.82, 2.24) is 9.80 Å². The van der Waals surface area contributed by atoms with Gasteiger partial charge in [-0.25, -0.2) is 0 Å². The van der Waals surface area contributed by atoms with Crippen LogP contribution in [0.15, 0.2) is 0 Å². The van der Waals surface area contributed by atoms with Crippen molar-refractivity contribution < 1.29 is 0 Å². The van der Waals surface area contributed by atoms with E-state index in [1.165, 1.54) is 71.1 Å². The van der Waals surface area contributed by atoms with Gasteiger partial charge in [-0.1, -0.05) is 33.1 Å². The minimum absolute atomic E-state index is 0.762. The molecular weight excluding hydrogens is 256 g/mol. The molecule has 128 valence electrons. The average molecular weight is 299 g/mol. The van der Waals surface area contributed by atoms with E-state index in [4.69, 9.17) is 0 Å². The standard InChI is InChI=1S/C9H19N.C8H17N.C2H6/c1-9(2)10-7-5-3-4-6-8-10;1-8(2)9-6-4-3-5-7-9;1-2/h9H,3-8H2,1-2H3;8H,3-7H2,1-2H3;1-2H3. The Kier molecular flexibility index (Phi) is 13.5. The summed E-state index contributed by atoms with van der Waals surface area (Å²) in [4.78, 5) is 5.15. The highest BCUT2D eigenvalue weighted by molar-refractivity contribution is 4.67. The third kappa shape index (κ3) is 10.3. The SMILES string of the molecule is CC.CC(C)N1CCCCC1.CC(C)N1CCCCCC1. The Morgan fingerprint density at radius 1 is 0.476 bits per heavy atom. The Hall–Kier alpha value is -0.0800. The first-order valence-corrected chi connectivity index (χ1v) is 9.59. The number of hydrogen-bond donors (Lipinski definition) is 0. The van der Waals surface area contributed by atoms with Gasteiger partial charge in [0, 0.05) is 12.1 Å². The molecule has 0 bridgehead atoms. The first-order chi connectivity index (χ1) is 10.1. The minimum Gasteiger partial charge on any atom is -0.301 e. The molecule has 2 heteroatoms. The summed E-state index contributed by atoms with van der Waals surface area (Å²) in [6, 6.07) is 1.53. The van der Waals surface area contributed by atoms with E-state index in [-0.39, 0.29) is 0 Å². The lowest BCUT2D eigenvalue weighted by Crippen LogP contribution is -2.35. The van der Waals surface area contributed by atoms with Crippen LogP contribution >= 0.6 is 0 Å². The zero-order chi connectivity index (χ0) is 16.1. The summed E-state index contributed by atoms with van der Waals surface area (Å²) in [5.74, 6) is 0. The summed E-state index contributed by atoms with van der Waals surface area (Å²) < 4.78 is 0. The summed E-state index contributed by atoms with van der Waals surface area (Å²) in [5.41, 5.74) is 0. The fourth-order valence-electron chi connectivity index (χ4n) is 3.05. The molecule has 0 saturated carbocycles. The lowest BCUT2D eigenvalue weighted by molar-refractivity contribution is 0.185. The number of rotatable bonds is 2. The van der Waals surface area contributed by atoms with E-state index in [1.54, 1.807) is 0 Å². The molecule has 2 aliphatic rings. The van der Waals surface area contributed by atoms with Crippen LogP contribution in [-0.2, 0) is 0 Å². The molecule has 2 saturated heterocycles. The van der Waals surface area contributed by atoms with Crippen LogP contribution in [0.1, 0.15) is 86.5 Å². The van der Waals surface area contributed by atoms with Gasteiger partial charge in [-0.15, -0.1) is 0 Å². The molecule has 0 spiro atoms. The van der Waals surface area contributed by atoms with Crippen LogP contribution in [-0.4, -0.2) is 48.1 Å². The minimum atomic E-state index is 0.762. The number of likely N-dealkylation sites (tertiary alicyclic amines) is 2. The summed E-state index contributed by atoms with van der Waals surface area (Å²) in [6.07, 6.45) is 10.0. The Bertz CT molecular complexity index is 200. The zero-order valence-electron chi connectivity index (χ0n) is 15.8. The van der Waals surface area contributed by atoms with Crippen LogP contribution in [0.4, 0.5) is 0 Å². The lowest BCUT2D eigenvalue weighted by atomic mass is 10.1. The van der Waals surface area contributed by atoms with E-state index < -0.39 is 0 Å². The predicted molar refractivity (Wildman–Crippen MR) is 97.1 cm³/mol. The van der Waals surface area contributed by atoms with E-state index in [9.17, 15) is 0 Å². The summed E-state index contributed by atoms with van der Waals surface area (Å²) in [7, 11) is 0. The van der Waals surface area contributed by atoms with Crippen LogP contribution < -0.4 is 0 Å². The number of nitrogens with zero attached hydrogens (tertiary/aromatic N) is 2. The molecule has 0 unspecified atom stereocenters. The van der Waals surface area contributed by atoms with Crippen molar-refractivity contribution in [2.75, 3.05) is 26.2 Å². The van der Waals surface area contributed by atoms with Gasteiger partial charge in [0.25, 0.3) is 0 Å². The molecule has 0 aromatic heterocycles. The quantitative estimate of drug-likeness (QED) is 0.693. The normalized spacial score (nSPS) is 21.1. The second-order valence-electron chi connectivity index (χ2n) is 6.73. The van der Waals surface area contributed by atoms with Crippen molar-refractivity contribution in [3.05, 3.63) is 0 Å². The monoisotopic (exact) mass is 298 g/mol. The lowest BCUT2D eigenvalue weighted by Gasteiger charge is -2.29. The van der Waals surface area contributed by atoms with Gasteiger partial charge in [0.15, 0.2) is 0 Å². The maximum Gasteiger partial charge on any atom is 0.00385 e. The van der Waals surface area contributed by atoms with E-state index in [2.05, 4.69) is 37.5 Å². The first kappa shape index (κ1) is 20.9. The number of piperidine rings is 1. The van der Waals surface area contributed by atoms with Gasteiger partial charge in [0.2, 0.25) is 0 Å². The van der Waals surface area contributed by atoms with Gasteiger partial charge in [0.05, 0.1) is 0 Å². The van der Waals surface area contributed by atoms with Gasteiger partial charge >= 0.3 is 0 Å². The second-order valence-corrected chi connectivity index (χ2v) is 6.73. The van der Waals surface area contributed by atoms with E-state index in [0.717, 1.165) is 12.1 Å². The molecule has 0 aromatic rings. The molecular formula is C19H42N2. The molecule has 0 aliphatic carbocycles.